The lowest BCUT2D eigenvalue weighted by atomic mass is 10.1. The number of rotatable bonds is 6. The van der Waals surface area contributed by atoms with Crippen LogP contribution in [0.4, 0.5) is 0 Å². The van der Waals surface area contributed by atoms with Gasteiger partial charge in [-0.1, -0.05) is 24.3 Å². The fourth-order valence-corrected chi connectivity index (χ4v) is 5.35. The smallest absolute Gasteiger partial charge is 0.257 e. The Labute approximate surface area is 195 Å². The number of carbonyl (C=O) groups excluding carboxylic acids is 2. The van der Waals surface area contributed by atoms with Crippen molar-refractivity contribution in [1.29, 1.82) is 0 Å². The number of benzene rings is 1. The van der Waals surface area contributed by atoms with E-state index in [2.05, 4.69) is 39.1 Å². The summed E-state index contributed by atoms with van der Waals surface area (Å²) in [6, 6.07) is 8.59. The first-order valence-electron chi connectivity index (χ1n) is 12.3. The zero-order valence-electron chi connectivity index (χ0n) is 19.5. The first-order chi connectivity index (χ1) is 16.1. The van der Waals surface area contributed by atoms with Crippen LogP contribution in [0.3, 0.4) is 0 Å². The lowest BCUT2D eigenvalue weighted by Crippen LogP contribution is -2.30. The van der Waals surface area contributed by atoms with Gasteiger partial charge in [0.05, 0.1) is 11.3 Å². The van der Waals surface area contributed by atoms with E-state index in [0.29, 0.717) is 18.5 Å². The number of fused-ring (bicyclic) bond motifs is 1. The molecule has 1 aromatic carbocycles. The summed E-state index contributed by atoms with van der Waals surface area (Å²) in [5.41, 5.74) is 4.17. The van der Waals surface area contributed by atoms with Crippen molar-refractivity contribution in [3.63, 3.8) is 0 Å². The van der Waals surface area contributed by atoms with Gasteiger partial charge in [0.1, 0.15) is 5.82 Å². The van der Waals surface area contributed by atoms with E-state index in [1.165, 1.54) is 11.1 Å². The second-order valence-electron chi connectivity index (χ2n) is 9.63. The van der Waals surface area contributed by atoms with Gasteiger partial charge < -0.3 is 9.80 Å². The summed E-state index contributed by atoms with van der Waals surface area (Å²) < 4.78 is 0. The van der Waals surface area contributed by atoms with Gasteiger partial charge in [0.25, 0.3) is 5.91 Å². The molecule has 1 aromatic heterocycles. The molecular formula is C26H33N5O2. The summed E-state index contributed by atoms with van der Waals surface area (Å²) in [5.74, 6) is 1.18. The van der Waals surface area contributed by atoms with Crippen molar-refractivity contribution in [2.45, 2.75) is 58.0 Å². The van der Waals surface area contributed by atoms with Crippen LogP contribution in [-0.2, 0) is 17.9 Å². The maximum atomic E-state index is 12.8. The second-order valence-corrected chi connectivity index (χ2v) is 9.63. The van der Waals surface area contributed by atoms with E-state index < -0.39 is 0 Å². The predicted molar refractivity (Wildman–Crippen MR) is 126 cm³/mol. The number of aromatic nitrogens is 2. The Morgan fingerprint density at radius 2 is 1.76 bits per heavy atom. The summed E-state index contributed by atoms with van der Waals surface area (Å²) >= 11 is 0. The highest BCUT2D eigenvalue weighted by molar-refractivity contribution is 5.95. The molecule has 2 amide bonds. The van der Waals surface area contributed by atoms with E-state index in [4.69, 9.17) is 0 Å². The van der Waals surface area contributed by atoms with Crippen LogP contribution in [0.5, 0.6) is 0 Å². The van der Waals surface area contributed by atoms with E-state index >= 15 is 0 Å². The quantitative estimate of drug-likeness (QED) is 0.681. The summed E-state index contributed by atoms with van der Waals surface area (Å²) in [6.45, 7) is 7.90. The Hall–Kier alpha value is -2.80. The molecule has 2 saturated heterocycles. The zero-order valence-corrected chi connectivity index (χ0v) is 19.5. The number of nitrogens with zero attached hydrogens (tertiary/aromatic N) is 5. The fraction of sp³-hybridized carbons (Fsp3) is 0.538. The maximum Gasteiger partial charge on any atom is 0.257 e. The molecule has 3 aliphatic heterocycles. The molecule has 0 bridgehead atoms. The number of carbonyl (C=O) groups is 2. The standard InChI is InChI=1S/C26H33N5O2/c1-19-23(26(33)30-12-4-5-13-30)15-27-25(28-19)22-10-14-31(18-22)24(32)9-6-11-29-16-20-7-2-3-8-21(20)17-29/h2-3,7-8,15,22H,4-6,9-14,16-18H2,1H3/t22-/m0/s1. The SMILES string of the molecule is Cc1nc([C@H]2CCN(C(=O)CCCN3Cc4ccccc4C3)C2)ncc1C(=O)N1CCCC1. The Morgan fingerprint density at radius 3 is 2.45 bits per heavy atom. The van der Waals surface area contributed by atoms with Crippen molar-refractivity contribution in [3.05, 3.63) is 58.7 Å². The molecule has 5 rings (SSSR count). The third kappa shape index (κ3) is 4.78. The van der Waals surface area contributed by atoms with Gasteiger partial charge in [-0.3, -0.25) is 14.5 Å². The minimum absolute atomic E-state index is 0.0425. The van der Waals surface area contributed by atoms with E-state index in [0.717, 1.165) is 76.5 Å². The van der Waals surface area contributed by atoms with Gasteiger partial charge in [-0.2, -0.15) is 0 Å². The molecule has 0 radical (unpaired) electrons. The second kappa shape index (κ2) is 9.59. The topological polar surface area (TPSA) is 69.6 Å². The molecule has 2 aromatic rings. The summed E-state index contributed by atoms with van der Waals surface area (Å²) in [5, 5.41) is 0. The average Bonchev–Trinajstić information content (AvgIpc) is 3.59. The highest BCUT2D eigenvalue weighted by atomic mass is 16.2. The van der Waals surface area contributed by atoms with Crippen LogP contribution in [0, 0.1) is 6.92 Å². The highest BCUT2D eigenvalue weighted by Crippen LogP contribution is 2.27. The van der Waals surface area contributed by atoms with Gasteiger partial charge in [-0.15, -0.1) is 0 Å². The van der Waals surface area contributed by atoms with Crippen LogP contribution in [0.2, 0.25) is 0 Å². The lowest BCUT2D eigenvalue weighted by molar-refractivity contribution is -0.130. The zero-order chi connectivity index (χ0) is 22.8. The van der Waals surface area contributed by atoms with E-state index in [1.54, 1.807) is 6.20 Å². The Balaban J connectivity index is 1.10. The molecule has 4 heterocycles. The number of amides is 2. The van der Waals surface area contributed by atoms with Gasteiger partial charge in [0, 0.05) is 57.8 Å². The van der Waals surface area contributed by atoms with Gasteiger partial charge in [-0.05, 0) is 50.3 Å². The molecular weight excluding hydrogens is 414 g/mol. The number of hydrogen-bond acceptors (Lipinski definition) is 5. The molecule has 7 nitrogen and oxygen atoms in total. The minimum atomic E-state index is 0.0425. The van der Waals surface area contributed by atoms with Gasteiger partial charge in [0.2, 0.25) is 5.91 Å². The number of hydrogen-bond donors (Lipinski definition) is 0. The maximum absolute atomic E-state index is 12.8. The monoisotopic (exact) mass is 447 g/mol. The van der Waals surface area contributed by atoms with E-state index in [1.807, 2.05) is 16.7 Å². The molecule has 3 aliphatic rings. The van der Waals surface area contributed by atoms with Crippen LogP contribution in [0.15, 0.2) is 30.5 Å². The molecule has 1 atom stereocenters. The number of aryl methyl sites for hydroxylation is 1. The Bertz CT molecular complexity index is 1010. The fourth-order valence-electron chi connectivity index (χ4n) is 5.35. The molecule has 0 N–H and O–H groups in total. The third-order valence-corrected chi connectivity index (χ3v) is 7.30. The normalized spacial score (nSPS) is 20.5. The molecule has 2 fully saturated rings. The van der Waals surface area contributed by atoms with Gasteiger partial charge >= 0.3 is 0 Å². The van der Waals surface area contributed by atoms with E-state index in [9.17, 15) is 9.59 Å². The molecule has 0 unspecified atom stereocenters. The van der Waals surface area contributed by atoms with Crippen molar-refractivity contribution in [2.24, 2.45) is 0 Å². The van der Waals surface area contributed by atoms with Crippen molar-refractivity contribution in [2.75, 3.05) is 32.7 Å². The molecule has 174 valence electrons. The molecule has 7 heteroatoms. The van der Waals surface area contributed by atoms with Gasteiger partial charge in [0.15, 0.2) is 0 Å². The van der Waals surface area contributed by atoms with Crippen molar-refractivity contribution in [3.8, 4) is 0 Å². The number of likely N-dealkylation sites (tertiary alicyclic amines) is 2. The highest BCUT2D eigenvalue weighted by Gasteiger charge is 2.30. The summed E-state index contributed by atoms with van der Waals surface area (Å²) in [7, 11) is 0. The molecule has 0 aliphatic carbocycles. The largest absolute Gasteiger partial charge is 0.342 e. The Morgan fingerprint density at radius 1 is 1.03 bits per heavy atom. The van der Waals surface area contributed by atoms with Crippen LogP contribution in [-0.4, -0.2) is 69.2 Å². The Kier molecular flexibility index (Phi) is 6.40. The summed E-state index contributed by atoms with van der Waals surface area (Å²) in [6.07, 6.45) is 6.19. The lowest BCUT2D eigenvalue weighted by Gasteiger charge is -2.19. The molecule has 33 heavy (non-hydrogen) atoms. The van der Waals surface area contributed by atoms with Crippen molar-refractivity contribution >= 4 is 11.8 Å². The first kappa shape index (κ1) is 22.0. The minimum Gasteiger partial charge on any atom is -0.342 e. The van der Waals surface area contributed by atoms with E-state index in [-0.39, 0.29) is 17.7 Å². The van der Waals surface area contributed by atoms with Crippen LogP contribution >= 0.6 is 0 Å². The molecule has 0 saturated carbocycles. The van der Waals surface area contributed by atoms with Crippen LogP contribution in [0.1, 0.15) is 71.0 Å². The average molecular weight is 448 g/mol. The van der Waals surface area contributed by atoms with Crippen molar-refractivity contribution in [1.82, 2.24) is 24.7 Å². The van der Waals surface area contributed by atoms with Crippen LogP contribution < -0.4 is 0 Å². The summed E-state index contributed by atoms with van der Waals surface area (Å²) in [4.78, 5) is 41.0. The first-order valence-corrected chi connectivity index (χ1v) is 12.3. The van der Waals surface area contributed by atoms with Gasteiger partial charge in [-0.25, -0.2) is 9.97 Å². The predicted octanol–water partition coefficient (Wildman–Crippen LogP) is 3.13. The third-order valence-electron chi connectivity index (χ3n) is 7.30. The molecule has 0 spiro atoms. The van der Waals surface area contributed by atoms with Crippen molar-refractivity contribution < 1.29 is 9.59 Å². The van der Waals surface area contributed by atoms with Crippen LogP contribution in [0.25, 0.3) is 0 Å².